The van der Waals surface area contributed by atoms with Gasteiger partial charge in [-0.05, 0) is 19.4 Å². The third kappa shape index (κ3) is 1.43. The zero-order chi connectivity index (χ0) is 7.52. The lowest BCUT2D eigenvalue weighted by atomic mass is 10.0. The molecule has 0 radical (unpaired) electrons. The lowest BCUT2D eigenvalue weighted by molar-refractivity contribution is 0.404. The molecule has 11 heavy (non-hydrogen) atoms. The number of hydrogen-bond donors (Lipinski definition) is 1. The van der Waals surface area contributed by atoms with Crippen molar-refractivity contribution in [1.82, 2.24) is 10.3 Å². The summed E-state index contributed by atoms with van der Waals surface area (Å²) in [7, 11) is 0. The van der Waals surface area contributed by atoms with Gasteiger partial charge in [0.05, 0.1) is 11.7 Å². The molecular formula is C8H12N2O. The van der Waals surface area contributed by atoms with Crippen LogP contribution < -0.4 is 5.32 Å². The average molecular weight is 152 g/mol. The van der Waals surface area contributed by atoms with E-state index in [-0.39, 0.29) is 0 Å². The lowest BCUT2D eigenvalue weighted by Gasteiger charge is -2.20. The fourth-order valence-electron chi connectivity index (χ4n) is 1.50. The van der Waals surface area contributed by atoms with E-state index in [1.807, 2.05) is 0 Å². The maximum Gasteiger partial charge on any atom is 0.180 e. The Morgan fingerprint density at radius 1 is 1.55 bits per heavy atom. The molecule has 1 aromatic heterocycles. The summed E-state index contributed by atoms with van der Waals surface area (Å²) in [5.74, 6) is 0. The van der Waals surface area contributed by atoms with E-state index < -0.39 is 0 Å². The average Bonchev–Trinajstić information content (AvgIpc) is 2.58. The molecule has 2 heterocycles. The van der Waals surface area contributed by atoms with Crippen LogP contribution in [-0.4, -0.2) is 11.5 Å². The highest BCUT2D eigenvalue weighted by molar-refractivity contribution is 5.00. The molecule has 0 aliphatic carbocycles. The van der Waals surface area contributed by atoms with Gasteiger partial charge in [-0.25, -0.2) is 4.98 Å². The van der Waals surface area contributed by atoms with Gasteiger partial charge in [0.2, 0.25) is 0 Å². The molecule has 0 spiro atoms. The first-order chi connectivity index (χ1) is 5.47. The molecule has 3 nitrogen and oxygen atoms in total. The fraction of sp³-hybridized carbons (Fsp3) is 0.625. The van der Waals surface area contributed by atoms with Crippen molar-refractivity contribution in [2.45, 2.75) is 25.3 Å². The van der Waals surface area contributed by atoms with Gasteiger partial charge in [0.25, 0.3) is 0 Å². The van der Waals surface area contributed by atoms with E-state index in [1.54, 1.807) is 6.26 Å². The Morgan fingerprint density at radius 2 is 2.55 bits per heavy atom. The van der Waals surface area contributed by atoms with Crippen LogP contribution in [0.2, 0.25) is 0 Å². The van der Waals surface area contributed by atoms with Crippen LogP contribution in [0, 0.1) is 0 Å². The van der Waals surface area contributed by atoms with Gasteiger partial charge < -0.3 is 9.73 Å². The van der Waals surface area contributed by atoms with Crippen molar-refractivity contribution in [1.29, 1.82) is 0 Å². The summed E-state index contributed by atoms with van der Waals surface area (Å²) in [6, 6.07) is 0.433. The topological polar surface area (TPSA) is 38.1 Å². The molecule has 1 aromatic rings. The van der Waals surface area contributed by atoms with Crippen LogP contribution in [0.25, 0.3) is 0 Å². The van der Waals surface area contributed by atoms with Crippen LogP contribution in [0.1, 0.15) is 31.0 Å². The molecule has 0 amide bonds. The summed E-state index contributed by atoms with van der Waals surface area (Å²) >= 11 is 0. The Kier molecular flexibility index (Phi) is 1.90. The summed E-state index contributed by atoms with van der Waals surface area (Å²) < 4.78 is 4.92. The maximum atomic E-state index is 4.92. The van der Waals surface area contributed by atoms with Crippen molar-refractivity contribution in [3.05, 3.63) is 18.4 Å². The zero-order valence-corrected chi connectivity index (χ0v) is 6.42. The van der Waals surface area contributed by atoms with Gasteiger partial charge in [0, 0.05) is 0 Å². The fourth-order valence-corrected chi connectivity index (χ4v) is 1.50. The van der Waals surface area contributed by atoms with Gasteiger partial charge in [-0.1, -0.05) is 6.42 Å². The molecule has 1 N–H and O–H groups in total. The van der Waals surface area contributed by atoms with Crippen LogP contribution in [0.4, 0.5) is 0 Å². The zero-order valence-electron chi connectivity index (χ0n) is 6.42. The Hall–Kier alpha value is -0.830. The number of piperidine rings is 1. The summed E-state index contributed by atoms with van der Waals surface area (Å²) in [5, 5.41) is 3.40. The Morgan fingerprint density at radius 3 is 3.18 bits per heavy atom. The van der Waals surface area contributed by atoms with E-state index in [0.717, 1.165) is 12.2 Å². The lowest BCUT2D eigenvalue weighted by Crippen LogP contribution is -2.26. The van der Waals surface area contributed by atoms with E-state index in [1.165, 1.54) is 25.7 Å². The normalized spacial score (nSPS) is 25.3. The summed E-state index contributed by atoms with van der Waals surface area (Å²) in [5.41, 5.74) is 1.05. The molecule has 0 unspecified atom stereocenters. The number of hydrogen-bond acceptors (Lipinski definition) is 3. The molecule has 60 valence electrons. The predicted molar refractivity (Wildman–Crippen MR) is 41.1 cm³/mol. The van der Waals surface area contributed by atoms with E-state index in [2.05, 4.69) is 10.3 Å². The van der Waals surface area contributed by atoms with Crippen LogP contribution in [0.15, 0.2) is 17.1 Å². The number of oxazole rings is 1. The van der Waals surface area contributed by atoms with Crippen LogP contribution in [-0.2, 0) is 0 Å². The van der Waals surface area contributed by atoms with Gasteiger partial charge in [-0.2, -0.15) is 0 Å². The second-order valence-electron chi connectivity index (χ2n) is 2.92. The van der Waals surface area contributed by atoms with E-state index in [9.17, 15) is 0 Å². The summed E-state index contributed by atoms with van der Waals surface area (Å²) in [4.78, 5) is 4.11. The minimum absolute atomic E-state index is 0.433. The standard InChI is InChI=1S/C8H12N2O/c1-2-4-9-7(3-1)8-5-11-6-10-8/h5-7,9H,1-4H2/t7-/m1/s1. The van der Waals surface area contributed by atoms with Gasteiger partial charge in [0.15, 0.2) is 6.39 Å². The largest absolute Gasteiger partial charge is 0.451 e. The van der Waals surface area contributed by atoms with Crippen molar-refractivity contribution >= 4 is 0 Å². The number of nitrogens with zero attached hydrogens (tertiary/aromatic N) is 1. The van der Waals surface area contributed by atoms with Gasteiger partial charge >= 0.3 is 0 Å². The quantitative estimate of drug-likeness (QED) is 0.662. The van der Waals surface area contributed by atoms with Gasteiger partial charge in [0.1, 0.15) is 6.26 Å². The highest BCUT2D eigenvalue weighted by Gasteiger charge is 2.16. The highest BCUT2D eigenvalue weighted by atomic mass is 16.3. The molecule has 1 saturated heterocycles. The van der Waals surface area contributed by atoms with E-state index in [4.69, 9.17) is 4.42 Å². The minimum Gasteiger partial charge on any atom is -0.451 e. The number of nitrogens with one attached hydrogen (secondary N) is 1. The third-order valence-electron chi connectivity index (χ3n) is 2.12. The molecule has 3 heteroatoms. The smallest absolute Gasteiger partial charge is 0.180 e. The molecule has 1 fully saturated rings. The highest BCUT2D eigenvalue weighted by Crippen LogP contribution is 2.20. The first kappa shape index (κ1) is 6.85. The third-order valence-corrected chi connectivity index (χ3v) is 2.12. The van der Waals surface area contributed by atoms with Gasteiger partial charge in [-0.3, -0.25) is 0 Å². The number of rotatable bonds is 1. The predicted octanol–water partition coefficient (Wildman–Crippen LogP) is 1.49. The Balaban J connectivity index is 2.04. The van der Waals surface area contributed by atoms with Crippen molar-refractivity contribution in [3.8, 4) is 0 Å². The summed E-state index contributed by atoms with van der Waals surface area (Å²) in [6.07, 6.45) is 6.99. The van der Waals surface area contributed by atoms with Crippen molar-refractivity contribution in [3.63, 3.8) is 0 Å². The van der Waals surface area contributed by atoms with E-state index >= 15 is 0 Å². The Labute approximate surface area is 65.8 Å². The van der Waals surface area contributed by atoms with Crippen LogP contribution in [0.3, 0.4) is 0 Å². The molecule has 1 atom stereocenters. The maximum absolute atomic E-state index is 4.92. The second kappa shape index (κ2) is 3.05. The molecule has 0 aromatic carbocycles. The molecular weight excluding hydrogens is 140 g/mol. The molecule has 0 saturated carbocycles. The SMILES string of the molecule is c1nc([C@H]2CCCCN2)co1. The first-order valence-electron chi connectivity index (χ1n) is 4.08. The van der Waals surface area contributed by atoms with Crippen LogP contribution >= 0.6 is 0 Å². The van der Waals surface area contributed by atoms with Gasteiger partial charge in [-0.15, -0.1) is 0 Å². The second-order valence-corrected chi connectivity index (χ2v) is 2.92. The Bertz CT molecular complexity index is 202. The van der Waals surface area contributed by atoms with Crippen LogP contribution in [0.5, 0.6) is 0 Å². The van der Waals surface area contributed by atoms with Crippen molar-refractivity contribution in [2.24, 2.45) is 0 Å². The molecule has 0 bridgehead atoms. The number of aromatic nitrogens is 1. The van der Waals surface area contributed by atoms with E-state index in [0.29, 0.717) is 6.04 Å². The monoisotopic (exact) mass is 152 g/mol. The first-order valence-corrected chi connectivity index (χ1v) is 4.08. The molecule has 1 aliphatic rings. The van der Waals surface area contributed by atoms with Crippen molar-refractivity contribution < 1.29 is 4.42 Å². The summed E-state index contributed by atoms with van der Waals surface area (Å²) in [6.45, 7) is 1.11. The molecule has 2 rings (SSSR count). The molecule has 1 aliphatic heterocycles. The van der Waals surface area contributed by atoms with Crippen molar-refractivity contribution in [2.75, 3.05) is 6.54 Å². The minimum atomic E-state index is 0.433.